The summed E-state index contributed by atoms with van der Waals surface area (Å²) in [5.74, 6) is 1.13. The van der Waals surface area contributed by atoms with Crippen LogP contribution in [0.25, 0.3) is 0 Å². The zero-order valence-electron chi connectivity index (χ0n) is 11.7. The van der Waals surface area contributed by atoms with Gasteiger partial charge in [-0.2, -0.15) is 0 Å². The summed E-state index contributed by atoms with van der Waals surface area (Å²) in [5, 5.41) is 3.55. The molecule has 0 amide bonds. The van der Waals surface area contributed by atoms with Crippen molar-refractivity contribution in [2.75, 3.05) is 26.0 Å². The first-order valence-electron chi connectivity index (χ1n) is 6.76. The number of hydrogen-bond acceptors (Lipinski definition) is 3. The third-order valence-corrected chi connectivity index (χ3v) is 3.78. The Balaban J connectivity index is 2.60. The fraction of sp³-hybridized carbons (Fsp3) is 0.600. The van der Waals surface area contributed by atoms with Gasteiger partial charge in [0, 0.05) is 24.7 Å². The van der Waals surface area contributed by atoms with Crippen LogP contribution in [0.15, 0.2) is 29.2 Å². The minimum absolute atomic E-state index is 0.450. The molecular weight excluding hydrogens is 242 g/mol. The molecule has 1 atom stereocenters. The van der Waals surface area contributed by atoms with E-state index in [2.05, 4.69) is 43.4 Å². The molecule has 2 nitrogen and oxygen atoms in total. The normalized spacial score (nSPS) is 12.6. The standard InChI is InChI=1S/C15H25NOS/c1-4-16-15(7-6-12-17-3)13-8-10-14(11-9-13)18-5-2/h8-11,15-16H,4-7,12H2,1-3H3. The summed E-state index contributed by atoms with van der Waals surface area (Å²) >= 11 is 1.89. The Kier molecular flexibility index (Phi) is 8.14. The van der Waals surface area contributed by atoms with Gasteiger partial charge in [0.2, 0.25) is 0 Å². The van der Waals surface area contributed by atoms with E-state index in [-0.39, 0.29) is 0 Å². The number of hydrogen-bond donors (Lipinski definition) is 1. The quantitative estimate of drug-likeness (QED) is 0.542. The largest absolute Gasteiger partial charge is 0.385 e. The maximum atomic E-state index is 5.13. The molecule has 0 aliphatic carbocycles. The molecule has 1 aromatic carbocycles. The summed E-state index contributed by atoms with van der Waals surface area (Å²) in [5.41, 5.74) is 1.38. The van der Waals surface area contributed by atoms with Crippen molar-refractivity contribution >= 4 is 11.8 Å². The predicted octanol–water partition coefficient (Wildman–Crippen LogP) is 3.88. The highest BCUT2D eigenvalue weighted by molar-refractivity contribution is 7.99. The molecule has 0 saturated carbocycles. The Hall–Kier alpha value is -0.510. The molecule has 102 valence electrons. The minimum Gasteiger partial charge on any atom is -0.385 e. The molecule has 0 aliphatic heterocycles. The Labute approximate surface area is 116 Å². The van der Waals surface area contributed by atoms with Crippen molar-refractivity contribution in [1.82, 2.24) is 5.32 Å². The van der Waals surface area contributed by atoms with Gasteiger partial charge in [-0.1, -0.05) is 26.0 Å². The summed E-state index contributed by atoms with van der Waals surface area (Å²) < 4.78 is 5.13. The first kappa shape index (κ1) is 15.5. The van der Waals surface area contributed by atoms with Crippen LogP contribution in [0.4, 0.5) is 0 Å². The molecule has 0 aromatic heterocycles. The predicted molar refractivity (Wildman–Crippen MR) is 80.4 cm³/mol. The van der Waals surface area contributed by atoms with Crippen LogP contribution in [0.1, 0.15) is 38.3 Å². The molecule has 0 fully saturated rings. The zero-order valence-corrected chi connectivity index (χ0v) is 12.6. The third-order valence-electron chi connectivity index (χ3n) is 2.89. The molecule has 0 spiro atoms. The second-order valence-electron chi connectivity index (χ2n) is 4.25. The molecule has 1 unspecified atom stereocenters. The highest BCUT2D eigenvalue weighted by Gasteiger charge is 2.09. The van der Waals surface area contributed by atoms with Crippen LogP contribution in [-0.2, 0) is 4.74 Å². The Morgan fingerprint density at radius 3 is 2.50 bits per heavy atom. The molecule has 0 heterocycles. The maximum absolute atomic E-state index is 5.13. The lowest BCUT2D eigenvalue weighted by Gasteiger charge is -2.18. The minimum atomic E-state index is 0.450. The molecule has 3 heteroatoms. The van der Waals surface area contributed by atoms with Crippen LogP contribution < -0.4 is 5.32 Å². The highest BCUT2D eigenvalue weighted by Crippen LogP contribution is 2.23. The van der Waals surface area contributed by atoms with Crippen LogP contribution >= 0.6 is 11.8 Å². The lowest BCUT2D eigenvalue weighted by molar-refractivity contribution is 0.189. The fourth-order valence-corrected chi connectivity index (χ4v) is 2.69. The number of methoxy groups -OCH3 is 1. The van der Waals surface area contributed by atoms with E-state index in [1.54, 1.807) is 7.11 Å². The molecule has 0 aliphatic rings. The van der Waals surface area contributed by atoms with Crippen LogP contribution in [0.5, 0.6) is 0 Å². The van der Waals surface area contributed by atoms with E-state index < -0.39 is 0 Å². The number of ether oxygens (including phenoxy) is 1. The SMILES string of the molecule is CCNC(CCCOC)c1ccc(SCC)cc1. The van der Waals surface area contributed by atoms with Gasteiger partial charge in [-0.3, -0.25) is 0 Å². The molecule has 1 aromatic rings. The Morgan fingerprint density at radius 2 is 1.94 bits per heavy atom. The second kappa shape index (κ2) is 9.42. The Morgan fingerprint density at radius 1 is 1.22 bits per heavy atom. The average molecular weight is 267 g/mol. The summed E-state index contributed by atoms with van der Waals surface area (Å²) in [6.07, 6.45) is 2.22. The van der Waals surface area contributed by atoms with E-state index in [4.69, 9.17) is 4.74 Å². The molecule has 18 heavy (non-hydrogen) atoms. The molecule has 0 radical (unpaired) electrons. The first-order chi connectivity index (χ1) is 8.81. The maximum Gasteiger partial charge on any atom is 0.0462 e. The van der Waals surface area contributed by atoms with Crippen LogP contribution in [-0.4, -0.2) is 26.0 Å². The lowest BCUT2D eigenvalue weighted by atomic mass is 10.0. The van der Waals surface area contributed by atoms with Gasteiger partial charge < -0.3 is 10.1 Å². The van der Waals surface area contributed by atoms with Crippen molar-refractivity contribution in [1.29, 1.82) is 0 Å². The van der Waals surface area contributed by atoms with Crippen LogP contribution in [0.2, 0.25) is 0 Å². The van der Waals surface area contributed by atoms with Crippen molar-refractivity contribution in [3.05, 3.63) is 29.8 Å². The second-order valence-corrected chi connectivity index (χ2v) is 5.58. The van der Waals surface area contributed by atoms with E-state index in [1.807, 2.05) is 11.8 Å². The van der Waals surface area contributed by atoms with E-state index in [0.717, 1.165) is 31.7 Å². The van der Waals surface area contributed by atoms with Crippen molar-refractivity contribution in [3.63, 3.8) is 0 Å². The number of rotatable bonds is 9. The van der Waals surface area contributed by atoms with Gasteiger partial charge in [0.15, 0.2) is 0 Å². The van der Waals surface area contributed by atoms with Gasteiger partial charge in [0.25, 0.3) is 0 Å². The van der Waals surface area contributed by atoms with Crippen LogP contribution in [0, 0.1) is 0 Å². The van der Waals surface area contributed by atoms with Gasteiger partial charge >= 0.3 is 0 Å². The summed E-state index contributed by atoms with van der Waals surface area (Å²) in [6.45, 7) is 6.18. The third kappa shape index (κ3) is 5.42. The van der Waals surface area contributed by atoms with Crippen molar-refractivity contribution in [2.24, 2.45) is 0 Å². The Bertz CT molecular complexity index is 313. The number of benzene rings is 1. The van der Waals surface area contributed by atoms with Crippen molar-refractivity contribution in [3.8, 4) is 0 Å². The number of thioether (sulfide) groups is 1. The topological polar surface area (TPSA) is 21.3 Å². The van der Waals surface area contributed by atoms with Crippen LogP contribution in [0.3, 0.4) is 0 Å². The lowest BCUT2D eigenvalue weighted by Crippen LogP contribution is -2.21. The molecule has 0 saturated heterocycles. The zero-order chi connectivity index (χ0) is 13.2. The van der Waals surface area contributed by atoms with E-state index in [1.165, 1.54) is 10.5 Å². The number of nitrogens with one attached hydrogen (secondary N) is 1. The summed E-state index contributed by atoms with van der Waals surface area (Å²) in [7, 11) is 1.76. The molecule has 0 bridgehead atoms. The van der Waals surface area contributed by atoms with Gasteiger partial charge in [-0.05, 0) is 42.8 Å². The molecular formula is C15H25NOS. The van der Waals surface area contributed by atoms with Gasteiger partial charge in [0.1, 0.15) is 0 Å². The van der Waals surface area contributed by atoms with Gasteiger partial charge in [-0.15, -0.1) is 11.8 Å². The fourth-order valence-electron chi connectivity index (χ4n) is 2.03. The molecule has 1 rings (SSSR count). The summed E-state index contributed by atoms with van der Waals surface area (Å²) in [4.78, 5) is 1.35. The van der Waals surface area contributed by atoms with E-state index >= 15 is 0 Å². The van der Waals surface area contributed by atoms with E-state index in [9.17, 15) is 0 Å². The highest BCUT2D eigenvalue weighted by atomic mass is 32.2. The van der Waals surface area contributed by atoms with Gasteiger partial charge in [0.05, 0.1) is 0 Å². The van der Waals surface area contributed by atoms with E-state index in [0.29, 0.717) is 6.04 Å². The smallest absolute Gasteiger partial charge is 0.0462 e. The monoisotopic (exact) mass is 267 g/mol. The first-order valence-corrected chi connectivity index (χ1v) is 7.75. The van der Waals surface area contributed by atoms with Crippen molar-refractivity contribution < 1.29 is 4.74 Å². The van der Waals surface area contributed by atoms with Crippen molar-refractivity contribution in [2.45, 2.75) is 37.6 Å². The molecule has 1 N–H and O–H groups in total. The average Bonchev–Trinajstić information content (AvgIpc) is 2.39. The summed E-state index contributed by atoms with van der Waals surface area (Å²) in [6, 6.07) is 9.40. The van der Waals surface area contributed by atoms with Gasteiger partial charge in [-0.25, -0.2) is 0 Å².